The van der Waals surface area contributed by atoms with Gasteiger partial charge in [0.2, 0.25) is 0 Å². The van der Waals surface area contributed by atoms with E-state index in [4.69, 9.17) is 14.2 Å². The quantitative estimate of drug-likeness (QED) is 0.481. The summed E-state index contributed by atoms with van der Waals surface area (Å²) >= 11 is 0. The van der Waals surface area contributed by atoms with Gasteiger partial charge in [0.15, 0.2) is 0 Å². The van der Waals surface area contributed by atoms with Gasteiger partial charge < -0.3 is 24.6 Å². The smallest absolute Gasteiger partial charge is 0.124 e. The third-order valence-electron chi connectivity index (χ3n) is 3.68. The molecule has 1 aromatic carbocycles. The number of para-hydroxylation sites is 1. The van der Waals surface area contributed by atoms with Gasteiger partial charge in [0, 0.05) is 19.2 Å². The fraction of sp³-hybridized carbons (Fsp3) is 0.684. The van der Waals surface area contributed by atoms with E-state index in [0.29, 0.717) is 26.4 Å². The second-order valence-electron chi connectivity index (χ2n) is 5.88. The molecule has 5 nitrogen and oxygen atoms in total. The Hall–Kier alpha value is -1.14. The molecule has 1 rings (SSSR count). The van der Waals surface area contributed by atoms with E-state index in [1.807, 2.05) is 24.3 Å². The highest BCUT2D eigenvalue weighted by atomic mass is 16.5. The van der Waals surface area contributed by atoms with E-state index in [2.05, 4.69) is 12.2 Å². The van der Waals surface area contributed by atoms with Crippen LogP contribution in [0.1, 0.15) is 38.2 Å². The van der Waals surface area contributed by atoms with Crippen LogP contribution in [0.2, 0.25) is 0 Å². The number of benzene rings is 1. The molecule has 0 spiro atoms. The standard InChI is InChI=1S/C19H33NO4/c1-3-4-5-8-11-20-14-18(21)16-24-19-10-7-6-9-17(19)15-23-13-12-22-2/h6-7,9-10,18,20-21H,3-5,8,11-16H2,1-2H3. The first-order chi connectivity index (χ1) is 11.8. The third kappa shape index (κ3) is 9.88. The number of ether oxygens (including phenoxy) is 3. The van der Waals surface area contributed by atoms with Gasteiger partial charge in [-0.3, -0.25) is 0 Å². The summed E-state index contributed by atoms with van der Waals surface area (Å²) in [6.07, 6.45) is 4.40. The van der Waals surface area contributed by atoms with Gasteiger partial charge in [-0.15, -0.1) is 0 Å². The minimum Gasteiger partial charge on any atom is -0.490 e. The zero-order valence-corrected chi connectivity index (χ0v) is 15.1. The zero-order valence-electron chi connectivity index (χ0n) is 15.1. The van der Waals surface area contributed by atoms with Gasteiger partial charge in [0.25, 0.3) is 0 Å². The lowest BCUT2D eigenvalue weighted by molar-refractivity contribution is 0.0591. The summed E-state index contributed by atoms with van der Waals surface area (Å²) in [6.45, 7) is 5.58. The number of aliphatic hydroxyl groups excluding tert-OH is 1. The molecule has 0 bridgehead atoms. The van der Waals surface area contributed by atoms with Crippen molar-refractivity contribution in [2.75, 3.05) is 40.0 Å². The number of rotatable bonds is 15. The molecule has 0 aliphatic carbocycles. The number of nitrogens with one attached hydrogen (secondary N) is 1. The Kier molecular flexibility index (Phi) is 12.4. The van der Waals surface area contributed by atoms with Gasteiger partial charge in [-0.2, -0.15) is 0 Å². The Balaban J connectivity index is 2.23. The lowest BCUT2D eigenvalue weighted by atomic mass is 10.2. The molecule has 0 aromatic heterocycles. The maximum atomic E-state index is 10.0. The fourth-order valence-corrected chi connectivity index (χ4v) is 2.28. The topological polar surface area (TPSA) is 60.0 Å². The highest BCUT2D eigenvalue weighted by Gasteiger charge is 2.08. The monoisotopic (exact) mass is 339 g/mol. The highest BCUT2D eigenvalue weighted by molar-refractivity contribution is 5.32. The number of hydrogen-bond acceptors (Lipinski definition) is 5. The normalized spacial score (nSPS) is 12.3. The van der Waals surface area contributed by atoms with Crippen LogP contribution in [0.25, 0.3) is 0 Å². The molecule has 24 heavy (non-hydrogen) atoms. The highest BCUT2D eigenvalue weighted by Crippen LogP contribution is 2.19. The molecule has 5 heteroatoms. The van der Waals surface area contributed by atoms with Gasteiger partial charge in [0.1, 0.15) is 18.5 Å². The van der Waals surface area contributed by atoms with Crippen molar-refractivity contribution in [3.8, 4) is 5.75 Å². The van der Waals surface area contributed by atoms with Gasteiger partial charge in [-0.05, 0) is 19.0 Å². The molecule has 0 saturated carbocycles. The van der Waals surface area contributed by atoms with Crippen LogP contribution < -0.4 is 10.1 Å². The minimum absolute atomic E-state index is 0.275. The van der Waals surface area contributed by atoms with E-state index in [-0.39, 0.29) is 6.61 Å². The Morgan fingerprint density at radius 1 is 1.12 bits per heavy atom. The average Bonchev–Trinajstić information content (AvgIpc) is 2.60. The number of methoxy groups -OCH3 is 1. The van der Waals surface area contributed by atoms with Crippen molar-refractivity contribution in [3.05, 3.63) is 29.8 Å². The Labute approximate surface area is 146 Å². The van der Waals surface area contributed by atoms with Crippen LogP contribution in [-0.4, -0.2) is 51.2 Å². The second-order valence-corrected chi connectivity index (χ2v) is 5.88. The Morgan fingerprint density at radius 2 is 1.96 bits per heavy atom. The summed E-state index contributed by atoms with van der Waals surface area (Å²) in [6, 6.07) is 7.75. The lowest BCUT2D eigenvalue weighted by Crippen LogP contribution is -2.32. The van der Waals surface area contributed by atoms with Crippen molar-refractivity contribution in [1.82, 2.24) is 5.32 Å². The molecule has 0 radical (unpaired) electrons. The minimum atomic E-state index is -0.515. The summed E-state index contributed by atoms with van der Waals surface area (Å²) in [5.41, 5.74) is 0.980. The largest absolute Gasteiger partial charge is 0.490 e. The molecule has 0 amide bonds. The van der Waals surface area contributed by atoms with Crippen LogP contribution in [0.3, 0.4) is 0 Å². The molecule has 0 aliphatic rings. The fourth-order valence-electron chi connectivity index (χ4n) is 2.28. The van der Waals surface area contributed by atoms with Crippen molar-refractivity contribution < 1.29 is 19.3 Å². The molecule has 1 atom stereocenters. The predicted molar refractivity (Wildman–Crippen MR) is 96.5 cm³/mol. The molecule has 0 saturated heterocycles. The predicted octanol–water partition coefficient (Wildman–Crippen LogP) is 2.76. The van der Waals surface area contributed by atoms with E-state index >= 15 is 0 Å². The van der Waals surface area contributed by atoms with E-state index in [9.17, 15) is 5.11 Å². The van der Waals surface area contributed by atoms with E-state index < -0.39 is 6.10 Å². The lowest BCUT2D eigenvalue weighted by Gasteiger charge is -2.15. The summed E-state index contributed by atoms with van der Waals surface area (Å²) < 4.78 is 16.3. The van der Waals surface area contributed by atoms with Gasteiger partial charge in [-0.1, -0.05) is 44.4 Å². The Morgan fingerprint density at radius 3 is 2.75 bits per heavy atom. The van der Waals surface area contributed by atoms with Crippen LogP contribution in [0.15, 0.2) is 24.3 Å². The SMILES string of the molecule is CCCCCCNCC(O)COc1ccccc1COCCOC. The molecular weight excluding hydrogens is 306 g/mol. The van der Waals surface area contributed by atoms with Crippen LogP contribution in [0.4, 0.5) is 0 Å². The summed E-state index contributed by atoms with van der Waals surface area (Å²) in [5.74, 6) is 0.761. The van der Waals surface area contributed by atoms with Crippen molar-refractivity contribution in [2.45, 2.75) is 45.3 Å². The van der Waals surface area contributed by atoms with Crippen molar-refractivity contribution in [2.24, 2.45) is 0 Å². The molecule has 0 aliphatic heterocycles. The molecule has 0 heterocycles. The number of hydrogen-bond donors (Lipinski definition) is 2. The van der Waals surface area contributed by atoms with Gasteiger partial charge in [-0.25, -0.2) is 0 Å². The molecule has 138 valence electrons. The zero-order chi connectivity index (χ0) is 17.5. The summed E-state index contributed by atoms with van der Waals surface area (Å²) in [4.78, 5) is 0. The summed E-state index contributed by atoms with van der Waals surface area (Å²) in [5, 5.41) is 13.3. The molecule has 2 N–H and O–H groups in total. The van der Waals surface area contributed by atoms with Crippen LogP contribution in [-0.2, 0) is 16.1 Å². The maximum Gasteiger partial charge on any atom is 0.124 e. The first-order valence-corrected chi connectivity index (χ1v) is 8.94. The first-order valence-electron chi connectivity index (χ1n) is 8.94. The van der Waals surface area contributed by atoms with Gasteiger partial charge in [0.05, 0.1) is 19.8 Å². The number of unbranched alkanes of at least 4 members (excludes halogenated alkanes) is 3. The first kappa shape index (κ1) is 20.9. The third-order valence-corrected chi connectivity index (χ3v) is 3.68. The van der Waals surface area contributed by atoms with Crippen LogP contribution in [0.5, 0.6) is 5.75 Å². The number of aliphatic hydroxyl groups is 1. The van der Waals surface area contributed by atoms with E-state index in [1.54, 1.807) is 7.11 Å². The summed E-state index contributed by atoms with van der Waals surface area (Å²) in [7, 11) is 1.65. The Bertz CT molecular complexity index is 414. The van der Waals surface area contributed by atoms with E-state index in [0.717, 1.165) is 24.3 Å². The maximum absolute atomic E-state index is 10.0. The average molecular weight is 339 g/mol. The molecular formula is C19H33NO4. The second kappa shape index (κ2) is 14.2. The van der Waals surface area contributed by atoms with Crippen LogP contribution >= 0.6 is 0 Å². The van der Waals surface area contributed by atoms with Crippen molar-refractivity contribution >= 4 is 0 Å². The molecule has 1 unspecified atom stereocenters. The molecule has 1 aromatic rings. The van der Waals surface area contributed by atoms with Crippen molar-refractivity contribution in [1.29, 1.82) is 0 Å². The van der Waals surface area contributed by atoms with E-state index in [1.165, 1.54) is 19.3 Å². The van der Waals surface area contributed by atoms with Gasteiger partial charge >= 0.3 is 0 Å². The van der Waals surface area contributed by atoms with Crippen molar-refractivity contribution in [3.63, 3.8) is 0 Å². The molecule has 0 fully saturated rings. The van der Waals surface area contributed by atoms with Crippen LogP contribution in [0, 0.1) is 0 Å².